The van der Waals surface area contributed by atoms with Crippen molar-refractivity contribution < 1.29 is 4.79 Å². The van der Waals surface area contributed by atoms with Gasteiger partial charge in [-0.3, -0.25) is 4.79 Å². The molecule has 3 nitrogen and oxygen atoms in total. The summed E-state index contributed by atoms with van der Waals surface area (Å²) in [5.41, 5.74) is 2.44. The first kappa shape index (κ1) is 16.0. The molecule has 0 saturated heterocycles. The highest BCUT2D eigenvalue weighted by atomic mass is 79.9. The summed E-state index contributed by atoms with van der Waals surface area (Å²) in [6.45, 7) is 0.826. The van der Waals surface area contributed by atoms with E-state index < -0.39 is 0 Å². The summed E-state index contributed by atoms with van der Waals surface area (Å²) in [5, 5.41) is 3.41. The fraction of sp³-hybridized carbons (Fsp3) is 0.188. The van der Waals surface area contributed by atoms with Crippen LogP contribution in [0.15, 0.2) is 46.9 Å². The zero-order chi connectivity index (χ0) is 15.4. The van der Waals surface area contributed by atoms with E-state index in [1.165, 1.54) is 0 Å². The third kappa shape index (κ3) is 4.84. The van der Waals surface area contributed by atoms with Gasteiger partial charge in [0.2, 0.25) is 0 Å². The van der Waals surface area contributed by atoms with Crippen LogP contribution in [0.1, 0.15) is 15.9 Å². The van der Waals surface area contributed by atoms with Crippen molar-refractivity contribution in [3.63, 3.8) is 0 Å². The van der Waals surface area contributed by atoms with Gasteiger partial charge in [0, 0.05) is 27.3 Å². The van der Waals surface area contributed by atoms with Crippen molar-refractivity contribution in [3.8, 4) is 0 Å². The van der Waals surface area contributed by atoms with E-state index in [0.717, 1.165) is 22.3 Å². The number of rotatable bonds is 4. The van der Waals surface area contributed by atoms with Gasteiger partial charge >= 0.3 is 0 Å². The van der Waals surface area contributed by atoms with Gasteiger partial charge in [-0.15, -0.1) is 0 Å². The molecule has 0 aliphatic heterocycles. The monoisotopic (exact) mass is 366 g/mol. The average Bonchev–Trinajstić information content (AvgIpc) is 2.37. The Balaban J connectivity index is 2.15. The fourth-order valence-electron chi connectivity index (χ4n) is 2.00. The van der Waals surface area contributed by atoms with Gasteiger partial charge in [0.1, 0.15) is 0 Å². The van der Waals surface area contributed by atoms with Crippen LogP contribution in [0.4, 0.5) is 5.69 Å². The standard InChI is InChI=1S/C16H16BrClN2O/c1-20(2)10-11-4-3-5-15(6-11)19-16(21)12-7-13(17)9-14(18)8-12/h3-9H,10H2,1-2H3,(H,19,21). The molecule has 0 saturated carbocycles. The number of anilines is 1. The molecule has 1 N–H and O–H groups in total. The number of carbonyl (C=O) groups is 1. The molecule has 0 atom stereocenters. The van der Waals surface area contributed by atoms with Gasteiger partial charge in [0.05, 0.1) is 0 Å². The molecule has 0 aliphatic rings. The first-order valence-electron chi connectivity index (χ1n) is 6.45. The van der Waals surface area contributed by atoms with E-state index in [9.17, 15) is 4.79 Å². The molecule has 110 valence electrons. The Morgan fingerprint density at radius 1 is 1.24 bits per heavy atom. The second kappa shape index (κ2) is 7.07. The number of hydrogen-bond acceptors (Lipinski definition) is 2. The summed E-state index contributed by atoms with van der Waals surface area (Å²) in [7, 11) is 4.02. The lowest BCUT2D eigenvalue weighted by molar-refractivity contribution is 0.102. The second-order valence-electron chi connectivity index (χ2n) is 5.05. The Bertz CT molecular complexity index is 638. The highest BCUT2D eigenvalue weighted by Gasteiger charge is 2.08. The van der Waals surface area contributed by atoms with E-state index in [0.29, 0.717) is 10.6 Å². The maximum atomic E-state index is 12.3. The second-order valence-corrected chi connectivity index (χ2v) is 6.40. The van der Waals surface area contributed by atoms with Crippen LogP contribution in [0.3, 0.4) is 0 Å². The van der Waals surface area contributed by atoms with E-state index in [1.807, 2.05) is 38.4 Å². The maximum Gasteiger partial charge on any atom is 0.255 e. The Kier molecular flexibility index (Phi) is 5.39. The SMILES string of the molecule is CN(C)Cc1cccc(NC(=O)c2cc(Cl)cc(Br)c2)c1. The van der Waals surface area contributed by atoms with Crippen molar-refractivity contribution in [2.24, 2.45) is 0 Å². The summed E-state index contributed by atoms with van der Waals surface area (Å²) in [6, 6.07) is 12.9. The van der Waals surface area contributed by atoms with Crippen LogP contribution in [-0.2, 0) is 6.54 Å². The lowest BCUT2D eigenvalue weighted by Crippen LogP contribution is -2.13. The molecule has 5 heteroatoms. The van der Waals surface area contributed by atoms with E-state index in [1.54, 1.807) is 18.2 Å². The predicted molar refractivity (Wildman–Crippen MR) is 90.9 cm³/mol. The van der Waals surface area contributed by atoms with Crippen LogP contribution in [0.5, 0.6) is 0 Å². The van der Waals surface area contributed by atoms with Crippen LogP contribution in [0.2, 0.25) is 5.02 Å². The average molecular weight is 368 g/mol. The number of nitrogens with one attached hydrogen (secondary N) is 1. The quantitative estimate of drug-likeness (QED) is 0.868. The number of nitrogens with zero attached hydrogens (tertiary/aromatic N) is 1. The molecule has 0 radical (unpaired) electrons. The molecule has 1 amide bonds. The molecule has 0 bridgehead atoms. The summed E-state index contributed by atoms with van der Waals surface area (Å²) in [5.74, 6) is -0.180. The summed E-state index contributed by atoms with van der Waals surface area (Å²) < 4.78 is 0.779. The number of benzene rings is 2. The zero-order valence-electron chi connectivity index (χ0n) is 11.9. The van der Waals surface area contributed by atoms with Crippen molar-refractivity contribution in [1.82, 2.24) is 4.90 Å². The van der Waals surface area contributed by atoms with Gasteiger partial charge in [-0.05, 0) is 50.0 Å². The molecule has 0 heterocycles. The largest absolute Gasteiger partial charge is 0.322 e. The van der Waals surface area contributed by atoms with Crippen LogP contribution in [0, 0.1) is 0 Å². The summed E-state index contributed by atoms with van der Waals surface area (Å²) in [6.07, 6.45) is 0. The van der Waals surface area contributed by atoms with Crippen LogP contribution >= 0.6 is 27.5 Å². The van der Waals surface area contributed by atoms with Gasteiger partial charge in [-0.2, -0.15) is 0 Å². The van der Waals surface area contributed by atoms with Crippen molar-refractivity contribution in [1.29, 1.82) is 0 Å². The van der Waals surface area contributed by atoms with Crippen LogP contribution < -0.4 is 5.32 Å². The highest BCUT2D eigenvalue weighted by molar-refractivity contribution is 9.10. The minimum Gasteiger partial charge on any atom is -0.322 e. The molecule has 2 aromatic carbocycles. The van der Waals surface area contributed by atoms with E-state index in [-0.39, 0.29) is 5.91 Å². The predicted octanol–water partition coefficient (Wildman–Crippen LogP) is 4.42. The molecule has 2 rings (SSSR count). The zero-order valence-corrected chi connectivity index (χ0v) is 14.2. The summed E-state index contributed by atoms with van der Waals surface area (Å²) >= 11 is 9.30. The molecule has 0 spiro atoms. The number of halogens is 2. The highest BCUT2D eigenvalue weighted by Crippen LogP contribution is 2.21. The summed E-state index contributed by atoms with van der Waals surface area (Å²) in [4.78, 5) is 14.3. The first-order chi connectivity index (χ1) is 9.94. The minimum absolute atomic E-state index is 0.180. The Morgan fingerprint density at radius 3 is 2.67 bits per heavy atom. The smallest absolute Gasteiger partial charge is 0.255 e. The molecule has 2 aromatic rings. The van der Waals surface area contributed by atoms with Gasteiger partial charge in [-0.1, -0.05) is 39.7 Å². The Morgan fingerprint density at radius 2 is 2.00 bits per heavy atom. The number of hydrogen-bond donors (Lipinski definition) is 1. The fourth-order valence-corrected chi connectivity index (χ4v) is 2.86. The van der Waals surface area contributed by atoms with Crippen LogP contribution in [0.25, 0.3) is 0 Å². The normalized spacial score (nSPS) is 10.7. The third-order valence-corrected chi connectivity index (χ3v) is 3.48. The first-order valence-corrected chi connectivity index (χ1v) is 7.62. The molecule has 0 fully saturated rings. The molecule has 21 heavy (non-hydrogen) atoms. The van der Waals surface area contributed by atoms with Crippen molar-refractivity contribution >= 4 is 39.1 Å². The van der Waals surface area contributed by atoms with E-state index in [4.69, 9.17) is 11.6 Å². The van der Waals surface area contributed by atoms with Crippen LogP contribution in [-0.4, -0.2) is 24.9 Å². The molecular weight excluding hydrogens is 352 g/mol. The molecule has 0 aliphatic carbocycles. The van der Waals surface area contributed by atoms with E-state index >= 15 is 0 Å². The minimum atomic E-state index is -0.180. The Labute approximate surface area is 138 Å². The van der Waals surface area contributed by atoms with Crippen molar-refractivity contribution in [3.05, 3.63) is 63.1 Å². The lowest BCUT2D eigenvalue weighted by Gasteiger charge is -2.11. The van der Waals surface area contributed by atoms with Crippen molar-refractivity contribution in [2.45, 2.75) is 6.54 Å². The van der Waals surface area contributed by atoms with Crippen molar-refractivity contribution in [2.75, 3.05) is 19.4 Å². The topological polar surface area (TPSA) is 32.3 Å². The van der Waals surface area contributed by atoms with Gasteiger partial charge in [-0.25, -0.2) is 0 Å². The molecular formula is C16H16BrClN2O. The number of carbonyl (C=O) groups excluding carboxylic acids is 1. The lowest BCUT2D eigenvalue weighted by atomic mass is 10.1. The van der Waals surface area contributed by atoms with Gasteiger partial charge in [0.15, 0.2) is 0 Å². The number of amides is 1. The van der Waals surface area contributed by atoms with Gasteiger partial charge < -0.3 is 10.2 Å². The third-order valence-electron chi connectivity index (χ3n) is 2.81. The van der Waals surface area contributed by atoms with E-state index in [2.05, 4.69) is 26.1 Å². The Hall–Kier alpha value is -1.36. The molecule has 0 unspecified atom stereocenters. The maximum absolute atomic E-state index is 12.3. The van der Waals surface area contributed by atoms with Gasteiger partial charge in [0.25, 0.3) is 5.91 Å². The molecule has 0 aromatic heterocycles.